The van der Waals surface area contributed by atoms with E-state index in [4.69, 9.17) is 0 Å². The number of benzene rings is 1. The minimum atomic E-state index is -0.643. The summed E-state index contributed by atoms with van der Waals surface area (Å²) >= 11 is 0. The van der Waals surface area contributed by atoms with Crippen LogP contribution in [0.2, 0.25) is 0 Å². The summed E-state index contributed by atoms with van der Waals surface area (Å²) in [6.07, 6.45) is 4.78. The SMILES string of the molecule is C[C@@H](C(=O)NC1(C#N)CCCCC1)N1CCN(c2ccccc2)CC1. The molecule has 0 aromatic heterocycles. The van der Waals surface area contributed by atoms with Crippen LogP contribution in [0.15, 0.2) is 30.3 Å². The van der Waals surface area contributed by atoms with E-state index in [9.17, 15) is 10.1 Å². The zero-order chi connectivity index (χ0) is 17.7. The third-order valence-electron chi connectivity index (χ3n) is 5.65. The van der Waals surface area contributed by atoms with Crippen LogP contribution in [-0.4, -0.2) is 48.6 Å². The fourth-order valence-corrected chi connectivity index (χ4v) is 3.93. The largest absolute Gasteiger partial charge is 0.369 e. The van der Waals surface area contributed by atoms with Gasteiger partial charge in [-0.05, 0) is 31.9 Å². The molecule has 3 rings (SSSR count). The van der Waals surface area contributed by atoms with Crippen LogP contribution in [-0.2, 0) is 4.79 Å². The van der Waals surface area contributed by atoms with Gasteiger partial charge in [0.25, 0.3) is 0 Å². The van der Waals surface area contributed by atoms with E-state index >= 15 is 0 Å². The molecular weight excluding hydrogens is 312 g/mol. The Hall–Kier alpha value is -2.06. The van der Waals surface area contributed by atoms with Gasteiger partial charge in [0.15, 0.2) is 0 Å². The summed E-state index contributed by atoms with van der Waals surface area (Å²) in [6.45, 7) is 5.53. The fourth-order valence-electron chi connectivity index (χ4n) is 3.93. The summed E-state index contributed by atoms with van der Waals surface area (Å²) < 4.78 is 0. The van der Waals surface area contributed by atoms with E-state index < -0.39 is 5.54 Å². The smallest absolute Gasteiger partial charge is 0.238 e. The van der Waals surface area contributed by atoms with Crippen molar-refractivity contribution in [3.63, 3.8) is 0 Å². The average molecular weight is 340 g/mol. The molecule has 0 unspecified atom stereocenters. The number of nitriles is 1. The highest BCUT2D eigenvalue weighted by Gasteiger charge is 2.36. The molecule has 134 valence electrons. The first kappa shape index (κ1) is 17.8. The quantitative estimate of drug-likeness (QED) is 0.915. The van der Waals surface area contributed by atoms with E-state index in [0.29, 0.717) is 0 Å². The monoisotopic (exact) mass is 340 g/mol. The molecule has 1 amide bonds. The Morgan fingerprint density at radius 2 is 1.76 bits per heavy atom. The Labute approximate surface area is 150 Å². The van der Waals surface area contributed by atoms with Crippen molar-refractivity contribution in [1.29, 1.82) is 5.26 Å². The van der Waals surface area contributed by atoms with Crippen molar-refractivity contribution in [2.75, 3.05) is 31.1 Å². The number of hydrogen-bond acceptors (Lipinski definition) is 4. The predicted molar refractivity (Wildman–Crippen MR) is 99.3 cm³/mol. The highest BCUT2D eigenvalue weighted by atomic mass is 16.2. The lowest BCUT2D eigenvalue weighted by atomic mass is 9.82. The number of nitrogens with one attached hydrogen (secondary N) is 1. The van der Waals surface area contributed by atoms with Gasteiger partial charge in [-0.3, -0.25) is 9.69 Å². The Kier molecular flexibility index (Phi) is 5.60. The molecule has 5 nitrogen and oxygen atoms in total. The molecule has 1 atom stereocenters. The van der Waals surface area contributed by atoms with Gasteiger partial charge in [-0.25, -0.2) is 0 Å². The van der Waals surface area contributed by atoms with E-state index in [-0.39, 0.29) is 11.9 Å². The topological polar surface area (TPSA) is 59.4 Å². The number of rotatable bonds is 4. The Morgan fingerprint density at radius 1 is 1.12 bits per heavy atom. The van der Waals surface area contributed by atoms with Gasteiger partial charge in [0.05, 0.1) is 12.1 Å². The Bertz CT molecular complexity index is 610. The molecule has 1 heterocycles. The molecule has 2 fully saturated rings. The predicted octanol–water partition coefficient (Wildman–Crippen LogP) is 2.54. The normalized spacial score (nSPS) is 22.0. The molecule has 2 aliphatic rings. The van der Waals surface area contributed by atoms with Gasteiger partial charge in [-0.2, -0.15) is 5.26 Å². The van der Waals surface area contributed by atoms with Crippen molar-refractivity contribution in [1.82, 2.24) is 10.2 Å². The summed E-state index contributed by atoms with van der Waals surface area (Å²) in [5.74, 6) is -0.00314. The highest BCUT2D eigenvalue weighted by Crippen LogP contribution is 2.28. The highest BCUT2D eigenvalue weighted by molar-refractivity contribution is 5.82. The van der Waals surface area contributed by atoms with Crippen LogP contribution < -0.4 is 10.2 Å². The van der Waals surface area contributed by atoms with Crippen molar-refractivity contribution >= 4 is 11.6 Å². The maximum atomic E-state index is 12.7. The molecular formula is C20H28N4O. The lowest BCUT2D eigenvalue weighted by Crippen LogP contribution is -2.58. The minimum Gasteiger partial charge on any atom is -0.369 e. The first-order chi connectivity index (χ1) is 12.1. The van der Waals surface area contributed by atoms with E-state index in [1.54, 1.807) is 0 Å². The first-order valence-electron chi connectivity index (χ1n) is 9.41. The summed E-state index contributed by atoms with van der Waals surface area (Å²) in [5, 5.41) is 12.6. The van der Waals surface area contributed by atoms with Crippen molar-refractivity contribution in [2.24, 2.45) is 0 Å². The molecule has 1 saturated carbocycles. The van der Waals surface area contributed by atoms with Gasteiger partial charge in [-0.1, -0.05) is 37.5 Å². The van der Waals surface area contributed by atoms with Crippen molar-refractivity contribution in [2.45, 2.75) is 50.6 Å². The minimum absolute atomic E-state index is 0.00314. The Morgan fingerprint density at radius 3 is 2.36 bits per heavy atom. The number of para-hydroxylation sites is 1. The zero-order valence-corrected chi connectivity index (χ0v) is 15.1. The van der Waals surface area contributed by atoms with Gasteiger partial charge in [0.1, 0.15) is 5.54 Å². The van der Waals surface area contributed by atoms with Crippen LogP contribution in [0.25, 0.3) is 0 Å². The zero-order valence-electron chi connectivity index (χ0n) is 15.1. The fraction of sp³-hybridized carbons (Fsp3) is 0.600. The molecule has 25 heavy (non-hydrogen) atoms. The van der Waals surface area contributed by atoms with Crippen molar-refractivity contribution in [3.05, 3.63) is 30.3 Å². The van der Waals surface area contributed by atoms with Crippen LogP contribution in [0.4, 0.5) is 5.69 Å². The molecule has 0 spiro atoms. The van der Waals surface area contributed by atoms with Crippen LogP contribution in [0.1, 0.15) is 39.0 Å². The molecule has 0 radical (unpaired) electrons. The number of carbonyl (C=O) groups excluding carboxylic acids is 1. The van der Waals surface area contributed by atoms with E-state index in [2.05, 4.69) is 45.5 Å². The summed E-state index contributed by atoms with van der Waals surface area (Å²) in [6, 6.07) is 12.6. The maximum absolute atomic E-state index is 12.7. The molecule has 1 aromatic rings. The molecule has 1 saturated heterocycles. The summed E-state index contributed by atoms with van der Waals surface area (Å²) in [4.78, 5) is 17.3. The number of amides is 1. The number of nitrogens with zero attached hydrogens (tertiary/aromatic N) is 3. The lowest BCUT2D eigenvalue weighted by Gasteiger charge is -2.40. The van der Waals surface area contributed by atoms with Gasteiger partial charge in [0.2, 0.25) is 5.91 Å². The number of carbonyl (C=O) groups is 1. The van der Waals surface area contributed by atoms with E-state index in [1.165, 1.54) is 5.69 Å². The van der Waals surface area contributed by atoms with E-state index in [1.807, 2.05) is 13.0 Å². The number of anilines is 1. The maximum Gasteiger partial charge on any atom is 0.238 e. The Balaban J connectivity index is 1.54. The van der Waals surface area contributed by atoms with Gasteiger partial charge in [-0.15, -0.1) is 0 Å². The van der Waals surface area contributed by atoms with Crippen LogP contribution in [0.3, 0.4) is 0 Å². The summed E-state index contributed by atoms with van der Waals surface area (Å²) in [5.41, 5.74) is 0.597. The summed E-state index contributed by atoms with van der Waals surface area (Å²) in [7, 11) is 0. The van der Waals surface area contributed by atoms with Crippen LogP contribution >= 0.6 is 0 Å². The third-order valence-corrected chi connectivity index (χ3v) is 5.65. The second-order valence-corrected chi connectivity index (χ2v) is 7.28. The van der Waals surface area contributed by atoms with Gasteiger partial charge >= 0.3 is 0 Å². The van der Waals surface area contributed by atoms with Crippen molar-refractivity contribution in [3.8, 4) is 6.07 Å². The molecule has 1 aromatic carbocycles. The number of hydrogen-bond donors (Lipinski definition) is 1. The second kappa shape index (κ2) is 7.88. The van der Waals surface area contributed by atoms with Crippen LogP contribution in [0, 0.1) is 11.3 Å². The molecule has 1 aliphatic carbocycles. The van der Waals surface area contributed by atoms with Gasteiger partial charge < -0.3 is 10.2 Å². The third kappa shape index (κ3) is 4.13. The lowest BCUT2D eigenvalue weighted by molar-refractivity contribution is -0.127. The molecule has 1 aliphatic heterocycles. The molecule has 1 N–H and O–H groups in total. The number of piperazine rings is 1. The first-order valence-corrected chi connectivity index (χ1v) is 9.41. The average Bonchev–Trinajstić information content (AvgIpc) is 2.69. The molecule has 0 bridgehead atoms. The van der Waals surface area contributed by atoms with E-state index in [0.717, 1.165) is 58.3 Å². The van der Waals surface area contributed by atoms with Crippen molar-refractivity contribution < 1.29 is 4.79 Å². The van der Waals surface area contributed by atoms with Crippen LogP contribution in [0.5, 0.6) is 0 Å². The second-order valence-electron chi connectivity index (χ2n) is 7.28. The standard InChI is InChI=1S/C20H28N4O/c1-17(19(25)22-20(16-21)10-6-3-7-11-20)23-12-14-24(15-13-23)18-8-4-2-5-9-18/h2,4-5,8-9,17H,3,6-7,10-15H2,1H3,(H,22,25)/t17-/m0/s1. The molecule has 5 heteroatoms. The van der Waals surface area contributed by atoms with Gasteiger partial charge in [0, 0.05) is 31.9 Å².